The Bertz CT molecular complexity index is 3610. The lowest BCUT2D eigenvalue weighted by Gasteiger charge is -2.40. The quantitative estimate of drug-likeness (QED) is 0.180. The monoisotopic (exact) mass is 744 g/mol. The maximum absolute atomic E-state index is 5.21. The van der Waals surface area contributed by atoms with Gasteiger partial charge in [0.05, 0.1) is 78.3 Å². The number of rotatable bonds is 4. The van der Waals surface area contributed by atoms with Crippen LogP contribution in [0.2, 0.25) is 0 Å². The molecule has 272 valence electrons. The summed E-state index contributed by atoms with van der Waals surface area (Å²) in [7, 11) is 0. The molecule has 0 saturated carbocycles. The number of fused-ring (bicyclic) bond motifs is 12. The first-order valence-corrected chi connectivity index (χ1v) is 19.5. The number of hydrogen-bond donors (Lipinski definition) is 0. The Labute approximate surface area is 331 Å². The fourth-order valence-electron chi connectivity index (χ4n) is 9.24. The Hall–Kier alpha value is -8.10. The average Bonchev–Trinajstić information content (AvgIpc) is 4.02. The Morgan fingerprint density at radius 3 is 1.31 bits per heavy atom. The lowest BCUT2D eigenvalue weighted by molar-refractivity contribution is 1.09. The predicted octanol–water partition coefficient (Wildman–Crippen LogP) is 12.4. The molecule has 58 heavy (non-hydrogen) atoms. The lowest BCUT2D eigenvalue weighted by atomic mass is 10.0. The van der Waals surface area contributed by atoms with Crippen LogP contribution in [0.25, 0.3) is 67.1 Å². The van der Waals surface area contributed by atoms with Crippen molar-refractivity contribution in [3.63, 3.8) is 0 Å². The summed E-state index contributed by atoms with van der Waals surface area (Å²) in [5.41, 5.74) is 17.0. The van der Waals surface area contributed by atoms with Crippen LogP contribution in [0.15, 0.2) is 194 Å². The van der Waals surface area contributed by atoms with Crippen molar-refractivity contribution in [2.24, 2.45) is 0 Å². The molecule has 4 aromatic heterocycles. The van der Waals surface area contributed by atoms with E-state index in [-0.39, 0.29) is 0 Å². The van der Waals surface area contributed by atoms with E-state index in [2.05, 4.69) is 222 Å². The third-order valence-electron chi connectivity index (χ3n) is 11.6. The van der Waals surface area contributed by atoms with Gasteiger partial charge in [0.15, 0.2) is 0 Å². The molecule has 1 aliphatic rings. The van der Waals surface area contributed by atoms with E-state index in [0.29, 0.717) is 0 Å². The minimum absolute atomic E-state index is 0.877. The van der Waals surface area contributed by atoms with Gasteiger partial charge in [-0.3, -0.25) is 17.9 Å². The van der Waals surface area contributed by atoms with Crippen LogP contribution in [0.4, 0.5) is 34.1 Å². The van der Waals surface area contributed by atoms with Crippen LogP contribution in [0, 0.1) is 0 Å². The Kier molecular flexibility index (Phi) is 6.29. The van der Waals surface area contributed by atoms with Gasteiger partial charge >= 0.3 is 0 Å². The van der Waals surface area contributed by atoms with Gasteiger partial charge in [0.25, 0.3) is 0 Å². The molecule has 12 aromatic rings. The molecular weight excluding hydrogens is 713 g/mol. The SMILES string of the molecule is c1ccc(N2c3ccccc3N(c3cccc(-n4c5ccccc5n5c6ccccc6nc45)c3)c3cc(-n4c5ccccc5n5c6ccccc6nc45)ccc32)cc1. The Morgan fingerprint density at radius 1 is 0.276 bits per heavy atom. The van der Waals surface area contributed by atoms with E-state index in [9.17, 15) is 0 Å². The van der Waals surface area contributed by atoms with E-state index < -0.39 is 0 Å². The van der Waals surface area contributed by atoms with Crippen molar-refractivity contribution in [1.82, 2.24) is 27.9 Å². The maximum Gasteiger partial charge on any atom is 0.220 e. The Morgan fingerprint density at radius 2 is 0.707 bits per heavy atom. The van der Waals surface area contributed by atoms with Gasteiger partial charge in [0.2, 0.25) is 11.6 Å². The summed E-state index contributed by atoms with van der Waals surface area (Å²) in [5.74, 6) is 1.76. The van der Waals surface area contributed by atoms with Gasteiger partial charge < -0.3 is 9.80 Å². The molecule has 0 atom stereocenters. The van der Waals surface area contributed by atoms with Crippen molar-refractivity contribution in [3.05, 3.63) is 194 Å². The van der Waals surface area contributed by atoms with E-state index in [1.54, 1.807) is 0 Å². The van der Waals surface area contributed by atoms with Gasteiger partial charge in [0, 0.05) is 11.4 Å². The molecule has 0 aliphatic carbocycles. The minimum Gasteiger partial charge on any atom is -0.306 e. The molecule has 0 saturated heterocycles. The van der Waals surface area contributed by atoms with Crippen LogP contribution in [0.5, 0.6) is 0 Å². The number of aromatic nitrogens is 6. The second-order valence-corrected chi connectivity index (χ2v) is 14.8. The first-order valence-electron chi connectivity index (χ1n) is 19.5. The summed E-state index contributed by atoms with van der Waals surface area (Å²) < 4.78 is 9.13. The van der Waals surface area contributed by atoms with Crippen LogP contribution in [0.3, 0.4) is 0 Å². The molecule has 0 N–H and O–H groups in total. The zero-order valence-corrected chi connectivity index (χ0v) is 31.1. The normalized spacial score (nSPS) is 12.8. The van der Waals surface area contributed by atoms with Crippen LogP contribution in [-0.4, -0.2) is 27.9 Å². The molecule has 0 radical (unpaired) electrons. The predicted molar refractivity (Wildman–Crippen MR) is 236 cm³/mol. The van der Waals surface area contributed by atoms with E-state index in [1.807, 2.05) is 0 Å². The molecule has 8 nitrogen and oxygen atoms in total. The molecule has 8 aromatic carbocycles. The summed E-state index contributed by atoms with van der Waals surface area (Å²) in [4.78, 5) is 15.2. The van der Waals surface area contributed by atoms with Gasteiger partial charge in [0.1, 0.15) is 0 Å². The zero-order valence-electron chi connectivity index (χ0n) is 31.1. The summed E-state index contributed by atoms with van der Waals surface area (Å²) in [6, 6.07) is 68.9. The number of para-hydroxylation sites is 11. The van der Waals surface area contributed by atoms with Crippen LogP contribution < -0.4 is 9.80 Å². The fraction of sp³-hybridized carbons (Fsp3) is 0. The zero-order chi connectivity index (χ0) is 37.9. The number of imidazole rings is 4. The highest BCUT2D eigenvalue weighted by atomic mass is 15.3. The van der Waals surface area contributed by atoms with E-state index in [4.69, 9.17) is 9.97 Å². The first-order chi connectivity index (χ1) is 28.8. The van der Waals surface area contributed by atoms with Crippen LogP contribution >= 0.6 is 0 Å². The standard InChI is InChI=1S/C50H32N8/c1-2-15-33(16-3-1)53-41-23-8-9-24-42(41)54(34-17-14-18-35(31-34)55-43-25-10-12-27-45(43)57-39-21-6-4-19-37(39)51-49(55)57)48-32-36(29-30-47(48)53)56-44-26-11-13-28-46(44)58-40-22-7-5-20-38(40)52-50(56)58/h1-32H. The summed E-state index contributed by atoms with van der Waals surface area (Å²) >= 11 is 0. The number of hydrogen-bond acceptors (Lipinski definition) is 4. The second-order valence-electron chi connectivity index (χ2n) is 14.8. The highest BCUT2D eigenvalue weighted by Gasteiger charge is 2.32. The molecule has 0 unspecified atom stereocenters. The van der Waals surface area contributed by atoms with Gasteiger partial charge in [-0.2, -0.15) is 0 Å². The Balaban J connectivity index is 1.08. The van der Waals surface area contributed by atoms with Gasteiger partial charge in [-0.25, -0.2) is 9.97 Å². The molecular formula is C50H32N8. The van der Waals surface area contributed by atoms with Gasteiger partial charge in [-0.1, -0.05) is 84.9 Å². The van der Waals surface area contributed by atoms with Crippen LogP contribution in [-0.2, 0) is 0 Å². The molecule has 13 rings (SSSR count). The summed E-state index contributed by atoms with van der Waals surface area (Å²) in [6.07, 6.45) is 0. The lowest BCUT2D eigenvalue weighted by Crippen LogP contribution is -2.24. The molecule has 0 amide bonds. The number of anilines is 6. The second kappa shape index (κ2) is 11.7. The molecule has 0 fully saturated rings. The van der Waals surface area contributed by atoms with Crippen LogP contribution in [0.1, 0.15) is 0 Å². The average molecular weight is 745 g/mol. The smallest absolute Gasteiger partial charge is 0.220 e. The third-order valence-corrected chi connectivity index (χ3v) is 11.6. The topological polar surface area (TPSA) is 50.9 Å². The van der Waals surface area contributed by atoms with Crippen molar-refractivity contribution in [1.29, 1.82) is 0 Å². The molecule has 1 aliphatic heterocycles. The van der Waals surface area contributed by atoms with E-state index >= 15 is 0 Å². The van der Waals surface area contributed by atoms with Crippen molar-refractivity contribution < 1.29 is 0 Å². The van der Waals surface area contributed by atoms with Gasteiger partial charge in [-0.05, 0) is 109 Å². The largest absolute Gasteiger partial charge is 0.306 e. The van der Waals surface area contributed by atoms with Crippen molar-refractivity contribution in [2.75, 3.05) is 9.80 Å². The third kappa shape index (κ3) is 4.23. The molecule has 0 spiro atoms. The summed E-state index contributed by atoms with van der Waals surface area (Å²) in [6.45, 7) is 0. The summed E-state index contributed by atoms with van der Waals surface area (Å²) in [5, 5.41) is 0. The highest BCUT2D eigenvalue weighted by Crippen LogP contribution is 2.55. The van der Waals surface area contributed by atoms with E-state index in [1.165, 1.54) is 0 Å². The number of nitrogens with zero attached hydrogens (tertiary/aromatic N) is 8. The molecule has 8 heteroatoms. The van der Waals surface area contributed by atoms with E-state index in [0.717, 1.165) is 101 Å². The van der Waals surface area contributed by atoms with Gasteiger partial charge in [-0.15, -0.1) is 0 Å². The molecule has 5 heterocycles. The number of benzene rings is 8. The maximum atomic E-state index is 5.21. The fourth-order valence-corrected chi connectivity index (χ4v) is 9.24. The van der Waals surface area contributed by atoms with Crippen molar-refractivity contribution in [2.45, 2.75) is 0 Å². The minimum atomic E-state index is 0.877. The van der Waals surface area contributed by atoms with Crippen molar-refractivity contribution in [3.8, 4) is 11.4 Å². The highest BCUT2D eigenvalue weighted by molar-refractivity contribution is 6.03. The first kappa shape index (κ1) is 31.1. The van der Waals surface area contributed by atoms with Crippen molar-refractivity contribution >= 4 is 89.8 Å². The molecule has 0 bridgehead atoms.